The molecule has 0 fully saturated rings. The van der Waals surface area contributed by atoms with Gasteiger partial charge in [-0.1, -0.05) is 29.3 Å². The third kappa shape index (κ3) is 3.08. The van der Waals surface area contributed by atoms with Crippen LogP contribution in [0.3, 0.4) is 0 Å². The van der Waals surface area contributed by atoms with Crippen LogP contribution in [0.25, 0.3) is 0 Å². The normalized spacial score (nSPS) is 10.6. The number of nitrogens with zero attached hydrogens (tertiary/aromatic N) is 2. The highest BCUT2D eigenvalue weighted by Crippen LogP contribution is 2.23. The lowest BCUT2D eigenvalue weighted by Gasteiger charge is -2.18. The summed E-state index contributed by atoms with van der Waals surface area (Å²) in [4.78, 5) is 13.9. The number of carbonyl (C=O) groups excluding carboxylic acids is 1. The number of hydrogen-bond donors (Lipinski definition) is 1. The lowest BCUT2D eigenvalue weighted by Crippen LogP contribution is -2.27. The Bertz CT molecular complexity index is 652. The summed E-state index contributed by atoms with van der Waals surface area (Å²) in [6, 6.07) is 6.98. The van der Waals surface area contributed by atoms with Gasteiger partial charge in [0.25, 0.3) is 5.91 Å². The summed E-state index contributed by atoms with van der Waals surface area (Å²) in [7, 11) is 3.52. The fourth-order valence-electron chi connectivity index (χ4n) is 1.98. The Kier molecular flexibility index (Phi) is 4.26. The summed E-state index contributed by atoms with van der Waals surface area (Å²) >= 11 is 11.8. The molecule has 1 heterocycles. The first-order valence-corrected chi connectivity index (χ1v) is 6.75. The summed E-state index contributed by atoms with van der Waals surface area (Å²) < 4.78 is 1.71. The molecule has 0 saturated heterocycles. The van der Waals surface area contributed by atoms with Crippen LogP contribution in [0.1, 0.15) is 16.1 Å². The number of amides is 1. The average Bonchev–Trinajstić information content (AvgIpc) is 2.72. The molecule has 6 heteroatoms. The molecule has 0 aliphatic carbocycles. The molecule has 0 atom stereocenters. The monoisotopic (exact) mass is 311 g/mol. The van der Waals surface area contributed by atoms with Crippen molar-refractivity contribution in [2.24, 2.45) is 7.05 Å². The zero-order valence-corrected chi connectivity index (χ0v) is 12.7. The van der Waals surface area contributed by atoms with Gasteiger partial charge in [-0.3, -0.25) is 4.79 Å². The predicted octanol–water partition coefficient (Wildman–Crippen LogP) is 3.19. The van der Waals surface area contributed by atoms with Gasteiger partial charge in [-0.2, -0.15) is 0 Å². The van der Waals surface area contributed by atoms with Crippen LogP contribution in [-0.4, -0.2) is 22.4 Å². The maximum atomic E-state index is 12.3. The Balaban J connectivity index is 2.15. The number of aromatic nitrogens is 1. The summed E-state index contributed by atoms with van der Waals surface area (Å²) in [6.45, 7) is 0.445. The van der Waals surface area contributed by atoms with E-state index in [1.165, 1.54) is 0 Å². The van der Waals surface area contributed by atoms with Crippen molar-refractivity contribution in [3.63, 3.8) is 0 Å². The van der Waals surface area contributed by atoms with Crippen molar-refractivity contribution in [3.8, 4) is 0 Å². The van der Waals surface area contributed by atoms with Crippen molar-refractivity contribution in [2.45, 2.75) is 6.54 Å². The zero-order valence-electron chi connectivity index (χ0n) is 11.2. The second-order valence-electron chi connectivity index (χ2n) is 4.68. The number of rotatable bonds is 3. The minimum Gasteiger partial charge on any atom is -0.397 e. The van der Waals surface area contributed by atoms with Crippen LogP contribution in [0.4, 0.5) is 5.69 Å². The van der Waals surface area contributed by atoms with Crippen molar-refractivity contribution in [1.29, 1.82) is 0 Å². The molecule has 0 spiro atoms. The highest BCUT2D eigenvalue weighted by atomic mass is 35.5. The average molecular weight is 312 g/mol. The Hall–Kier alpha value is -1.65. The van der Waals surface area contributed by atoms with Crippen LogP contribution >= 0.6 is 23.2 Å². The van der Waals surface area contributed by atoms with E-state index in [4.69, 9.17) is 28.9 Å². The van der Waals surface area contributed by atoms with Crippen molar-refractivity contribution >= 4 is 34.8 Å². The Morgan fingerprint density at radius 2 is 2.00 bits per heavy atom. The predicted molar refractivity (Wildman–Crippen MR) is 82.1 cm³/mol. The molecule has 2 aromatic rings. The number of anilines is 1. The fraction of sp³-hybridized carbons (Fsp3) is 0.214. The molecule has 4 nitrogen and oxygen atoms in total. The third-order valence-electron chi connectivity index (χ3n) is 3.00. The molecule has 0 aliphatic heterocycles. The smallest absolute Gasteiger partial charge is 0.270 e. The van der Waals surface area contributed by atoms with Crippen LogP contribution in [0.2, 0.25) is 10.0 Å². The molecule has 1 amide bonds. The molecule has 2 rings (SSSR count). The van der Waals surface area contributed by atoms with Gasteiger partial charge >= 0.3 is 0 Å². The molecule has 20 heavy (non-hydrogen) atoms. The Morgan fingerprint density at radius 3 is 2.55 bits per heavy atom. The van der Waals surface area contributed by atoms with Crippen LogP contribution in [0.5, 0.6) is 0 Å². The number of hydrogen-bond acceptors (Lipinski definition) is 2. The summed E-state index contributed by atoms with van der Waals surface area (Å²) in [5, 5.41) is 0.979. The molecule has 0 radical (unpaired) electrons. The van der Waals surface area contributed by atoms with Gasteiger partial charge in [0.15, 0.2) is 0 Å². The van der Waals surface area contributed by atoms with Crippen molar-refractivity contribution in [2.75, 3.05) is 12.8 Å². The van der Waals surface area contributed by atoms with E-state index in [-0.39, 0.29) is 5.91 Å². The number of aryl methyl sites for hydroxylation is 1. The van der Waals surface area contributed by atoms with Gasteiger partial charge in [0.2, 0.25) is 0 Å². The van der Waals surface area contributed by atoms with Crippen molar-refractivity contribution < 1.29 is 4.79 Å². The molecule has 106 valence electrons. The van der Waals surface area contributed by atoms with E-state index in [1.54, 1.807) is 48.0 Å². The second-order valence-corrected chi connectivity index (χ2v) is 5.49. The van der Waals surface area contributed by atoms with E-state index in [0.29, 0.717) is 28.0 Å². The minimum absolute atomic E-state index is 0.102. The highest BCUT2D eigenvalue weighted by Gasteiger charge is 2.16. The van der Waals surface area contributed by atoms with E-state index >= 15 is 0 Å². The number of benzene rings is 1. The Labute approximate surface area is 127 Å². The van der Waals surface area contributed by atoms with Crippen LogP contribution in [0, 0.1) is 0 Å². The van der Waals surface area contributed by atoms with Gasteiger partial charge < -0.3 is 15.2 Å². The maximum absolute atomic E-state index is 12.3. The minimum atomic E-state index is -0.102. The van der Waals surface area contributed by atoms with E-state index < -0.39 is 0 Å². The molecule has 0 unspecified atom stereocenters. The van der Waals surface area contributed by atoms with Gasteiger partial charge in [-0.25, -0.2) is 0 Å². The van der Waals surface area contributed by atoms with E-state index in [2.05, 4.69) is 0 Å². The molecule has 0 aliphatic rings. The largest absolute Gasteiger partial charge is 0.397 e. The standard InChI is InChI=1S/C14H15Cl2N3O/c1-18-8-10(17)6-13(18)14(20)19(2)7-9-3-4-11(15)12(16)5-9/h3-6,8H,7,17H2,1-2H3. The lowest BCUT2D eigenvalue weighted by atomic mass is 10.2. The zero-order chi connectivity index (χ0) is 14.9. The van der Waals surface area contributed by atoms with Gasteiger partial charge in [-0.05, 0) is 23.8 Å². The van der Waals surface area contributed by atoms with Crippen molar-refractivity contribution in [1.82, 2.24) is 9.47 Å². The van der Waals surface area contributed by atoms with Crippen molar-refractivity contribution in [3.05, 3.63) is 51.8 Å². The van der Waals surface area contributed by atoms with E-state index in [1.807, 2.05) is 6.07 Å². The van der Waals surface area contributed by atoms with Gasteiger partial charge in [0.05, 0.1) is 15.7 Å². The Morgan fingerprint density at radius 1 is 1.30 bits per heavy atom. The number of nitrogen functional groups attached to an aromatic ring is 1. The first-order chi connectivity index (χ1) is 9.38. The summed E-state index contributed by atoms with van der Waals surface area (Å²) in [5.74, 6) is -0.102. The summed E-state index contributed by atoms with van der Waals surface area (Å²) in [6.07, 6.45) is 1.71. The first kappa shape index (κ1) is 14.8. The molecule has 0 saturated carbocycles. The lowest BCUT2D eigenvalue weighted by molar-refractivity contribution is 0.0775. The van der Waals surface area contributed by atoms with E-state index in [9.17, 15) is 4.79 Å². The van der Waals surface area contributed by atoms with Gasteiger partial charge in [-0.15, -0.1) is 0 Å². The molecule has 0 bridgehead atoms. The van der Waals surface area contributed by atoms with Crippen LogP contribution < -0.4 is 5.73 Å². The molecule has 1 aromatic carbocycles. The van der Waals surface area contributed by atoms with Crippen LogP contribution in [-0.2, 0) is 13.6 Å². The second kappa shape index (κ2) is 5.77. The number of carbonyl (C=O) groups is 1. The quantitative estimate of drug-likeness (QED) is 0.946. The molecule has 2 N–H and O–H groups in total. The highest BCUT2D eigenvalue weighted by molar-refractivity contribution is 6.42. The van der Waals surface area contributed by atoms with Gasteiger partial charge in [0.1, 0.15) is 5.69 Å². The summed E-state index contributed by atoms with van der Waals surface area (Å²) in [5.41, 5.74) is 7.71. The number of nitrogens with two attached hydrogens (primary N) is 1. The maximum Gasteiger partial charge on any atom is 0.270 e. The molecular formula is C14H15Cl2N3O. The van der Waals surface area contributed by atoms with Gasteiger partial charge in [0, 0.05) is 26.8 Å². The topological polar surface area (TPSA) is 51.3 Å². The van der Waals surface area contributed by atoms with Crippen LogP contribution in [0.15, 0.2) is 30.5 Å². The first-order valence-electron chi connectivity index (χ1n) is 5.99. The SMILES string of the molecule is CN(Cc1ccc(Cl)c(Cl)c1)C(=O)c1cc(N)cn1C. The molecular weight excluding hydrogens is 297 g/mol. The van der Waals surface area contributed by atoms with E-state index in [0.717, 1.165) is 5.56 Å². The number of halogens is 2. The fourth-order valence-corrected chi connectivity index (χ4v) is 2.30. The molecule has 1 aromatic heterocycles. The third-order valence-corrected chi connectivity index (χ3v) is 3.73.